The lowest BCUT2D eigenvalue weighted by atomic mass is 10.0. The Kier molecular flexibility index (Phi) is 7.58. The Bertz CT molecular complexity index is 1170. The lowest BCUT2D eigenvalue weighted by Crippen LogP contribution is -2.00. The van der Waals surface area contributed by atoms with Crippen molar-refractivity contribution in [2.75, 3.05) is 0 Å². The monoisotopic (exact) mass is 416 g/mol. The van der Waals surface area contributed by atoms with Gasteiger partial charge < -0.3 is 0 Å². The topological polar surface area (TPSA) is 0 Å². The summed E-state index contributed by atoms with van der Waals surface area (Å²) in [5.41, 5.74) is 4.03. The fraction of sp³-hybridized carbons (Fsp3) is 0.214. The van der Waals surface area contributed by atoms with Gasteiger partial charge in [0.05, 0.1) is 0 Å². The third-order valence-corrected chi connectivity index (χ3v) is 4.97. The summed E-state index contributed by atoms with van der Waals surface area (Å²) >= 11 is 0. The van der Waals surface area contributed by atoms with Gasteiger partial charge in [0.15, 0.2) is 17.5 Å². The van der Waals surface area contributed by atoms with Gasteiger partial charge in [-0.05, 0) is 67.3 Å². The van der Waals surface area contributed by atoms with E-state index in [2.05, 4.69) is 42.7 Å². The lowest BCUT2D eigenvalue weighted by molar-refractivity contribution is 0.441. The Morgan fingerprint density at radius 3 is 1.71 bits per heavy atom. The normalized spacial score (nSPS) is 10.1. The third-order valence-electron chi connectivity index (χ3n) is 4.97. The van der Waals surface area contributed by atoms with E-state index in [4.69, 9.17) is 0 Å². The average molecular weight is 416 g/mol. The molecule has 3 aromatic carbocycles. The molecule has 3 aromatic rings. The lowest BCUT2D eigenvalue weighted by Gasteiger charge is -2.05. The fourth-order valence-corrected chi connectivity index (χ4v) is 3.15. The Hall–Kier alpha value is -3.43. The molecule has 0 fully saturated rings. The molecule has 0 unspecified atom stereocenters. The number of halogens is 3. The maximum absolute atomic E-state index is 13.9. The van der Waals surface area contributed by atoms with Gasteiger partial charge in [-0.1, -0.05) is 56.1 Å². The second-order valence-corrected chi connectivity index (χ2v) is 7.24. The van der Waals surface area contributed by atoms with Gasteiger partial charge in [-0.2, -0.15) is 0 Å². The van der Waals surface area contributed by atoms with Gasteiger partial charge in [0, 0.05) is 27.8 Å². The molecule has 156 valence electrons. The first-order valence-corrected chi connectivity index (χ1v) is 10.4. The molecule has 0 aliphatic carbocycles. The zero-order valence-corrected chi connectivity index (χ0v) is 17.7. The molecule has 0 amide bonds. The molecular formula is C28H23F3. The minimum atomic E-state index is -1.46. The van der Waals surface area contributed by atoms with E-state index >= 15 is 0 Å². The molecule has 0 saturated carbocycles. The van der Waals surface area contributed by atoms with Crippen molar-refractivity contribution in [3.05, 3.63) is 105 Å². The van der Waals surface area contributed by atoms with E-state index in [-0.39, 0.29) is 17.5 Å². The van der Waals surface area contributed by atoms with Crippen LogP contribution in [0.15, 0.2) is 54.6 Å². The Morgan fingerprint density at radius 1 is 0.677 bits per heavy atom. The third kappa shape index (κ3) is 5.80. The van der Waals surface area contributed by atoms with Crippen molar-refractivity contribution in [1.29, 1.82) is 0 Å². The minimum absolute atomic E-state index is 0.0783. The van der Waals surface area contributed by atoms with Crippen LogP contribution in [0.1, 0.15) is 60.1 Å². The second kappa shape index (κ2) is 10.6. The quantitative estimate of drug-likeness (QED) is 0.324. The highest BCUT2D eigenvalue weighted by Gasteiger charge is 2.16. The highest BCUT2D eigenvalue weighted by atomic mass is 19.2. The molecule has 0 atom stereocenters. The molecule has 31 heavy (non-hydrogen) atoms. The second-order valence-electron chi connectivity index (χ2n) is 7.24. The Balaban J connectivity index is 1.74. The van der Waals surface area contributed by atoms with Crippen LogP contribution >= 0.6 is 0 Å². The summed E-state index contributed by atoms with van der Waals surface area (Å²) in [6.45, 7) is 3.86. The molecule has 0 radical (unpaired) electrons. The van der Waals surface area contributed by atoms with Crippen LogP contribution in [0, 0.1) is 41.1 Å². The van der Waals surface area contributed by atoms with E-state index in [1.54, 1.807) is 19.1 Å². The molecule has 0 bridgehead atoms. The number of benzene rings is 3. The van der Waals surface area contributed by atoms with Crippen LogP contribution < -0.4 is 0 Å². The maximum atomic E-state index is 13.9. The van der Waals surface area contributed by atoms with E-state index in [1.807, 2.05) is 24.3 Å². The average Bonchev–Trinajstić information content (AvgIpc) is 2.80. The zero-order chi connectivity index (χ0) is 22.2. The smallest absolute Gasteiger partial charge is 0.194 e. The number of hydrogen-bond donors (Lipinski definition) is 0. The molecule has 0 nitrogen and oxygen atoms in total. The van der Waals surface area contributed by atoms with E-state index in [0.29, 0.717) is 5.56 Å². The SMILES string of the molecule is CCCCc1ccc(C#Cc2ccc(C#Cc3cc(F)c(F)c(F)c3CC)cc2)cc1. The van der Waals surface area contributed by atoms with E-state index < -0.39 is 17.5 Å². The first-order valence-electron chi connectivity index (χ1n) is 10.4. The maximum Gasteiger partial charge on any atom is 0.194 e. The van der Waals surface area contributed by atoms with Crippen LogP contribution in [0.5, 0.6) is 0 Å². The highest BCUT2D eigenvalue weighted by molar-refractivity contribution is 5.50. The molecule has 0 aliphatic heterocycles. The van der Waals surface area contributed by atoms with Crippen LogP contribution in [0.2, 0.25) is 0 Å². The number of aryl methyl sites for hydroxylation is 1. The molecule has 0 saturated heterocycles. The van der Waals surface area contributed by atoms with Gasteiger partial charge in [0.1, 0.15) is 0 Å². The molecule has 3 heteroatoms. The van der Waals surface area contributed by atoms with Crippen molar-refractivity contribution < 1.29 is 13.2 Å². The van der Waals surface area contributed by atoms with E-state index in [0.717, 1.165) is 23.6 Å². The van der Waals surface area contributed by atoms with Crippen molar-refractivity contribution in [1.82, 2.24) is 0 Å². The number of hydrogen-bond acceptors (Lipinski definition) is 0. The van der Waals surface area contributed by atoms with Crippen molar-refractivity contribution >= 4 is 0 Å². The van der Waals surface area contributed by atoms with Gasteiger partial charge in [-0.25, -0.2) is 13.2 Å². The largest absolute Gasteiger partial charge is 0.204 e. The van der Waals surface area contributed by atoms with Gasteiger partial charge in [0.2, 0.25) is 0 Å². The van der Waals surface area contributed by atoms with Crippen LogP contribution in [-0.2, 0) is 12.8 Å². The van der Waals surface area contributed by atoms with Crippen molar-refractivity contribution in [2.24, 2.45) is 0 Å². The van der Waals surface area contributed by atoms with Crippen molar-refractivity contribution in [2.45, 2.75) is 39.5 Å². The minimum Gasteiger partial charge on any atom is -0.204 e. The molecule has 3 rings (SSSR count). The Morgan fingerprint density at radius 2 is 1.19 bits per heavy atom. The first kappa shape index (κ1) is 22.3. The molecule has 0 heterocycles. The van der Waals surface area contributed by atoms with Gasteiger partial charge in [-0.3, -0.25) is 0 Å². The predicted molar refractivity (Wildman–Crippen MR) is 119 cm³/mol. The summed E-state index contributed by atoms with van der Waals surface area (Å²) in [6, 6.07) is 16.5. The summed E-state index contributed by atoms with van der Waals surface area (Å²) < 4.78 is 40.9. The summed E-state index contributed by atoms with van der Waals surface area (Å²) in [5.74, 6) is 8.05. The van der Waals surface area contributed by atoms with Gasteiger partial charge >= 0.3 is 0 Å². The highest BCUT2D eigenvalue weighted by Crippen LogP contribution is 2.20. The van der Waals surface area contributed by atoms with E-state index in [1.165, 1.54) is 18.4 Å². The van der Waals surface area contributed by atoms with Gasteiger partial charge in [0.25, 0.3) is 0 Å². The first-order chi connectivity index (χ1) is 15.0. The fourth-order valence-electron chi connectivity index (χ4n) is 3.15. The van der Waals surface area contributed by atoms with Crippen molar-refractivity contribution in [3.8, 4) is 23.7 Å². The number of unbranched alkanes of at least 4 members (excludes halogenated alkanes) is 1. The Labute approximate surface area is 182 Å². The summed E-state index contributed by atoms with van der Waals surface area (Å²) in [6.07, 6.45) is 3.68. The predicted octanol–water partition coefficient (Wildman–Crippen LogP) is 6.81. The van der Waals surface area contributed by atoms with Crippen LogP contribution in [0.3, 0.4) is 0 Å². The molecule has 0 spiro atoms. The summed E-state index contributed by atoms with van der Waals surface area (Å²) in [7, 11) is 0. The van der Waals surface area contributed by atoms with Crippen molar-refractivity contribution in [3.63, 3.8) is 0 Å². The summed E-state index contributed by atoms with van der Waals surface area (Å²) in [5, 5.41) is 0. The van der Waals surface area contributed by atoms with E-state index in [9.17, 15) is 13.2 Å². The molecule has 0 N–H and O–H groups in total. The van der Waals surface area contributed by atoms with Crippen LogP contribution in [0.25, 0.3) is 0 Å². The molecular weight excluding hydrogens is 393 g/mol. The summed E-state index contributed by atoms with van der Waals surface area (Å²) in [4.78, 5) is 0. The number of rotatable bonds is 4. The molecule has 0 aliphatic rings. The van der Waals surface area contributed by atoms with Crippen LogP contribution in [0.4, 0.5) is 13.2 Å². The van der Waals surface area contributed by atoms with Crippen LogP contribution in [-0.4, -0.2) is 0 Å². The molecule has 0 aromatic heterocycles. The zero-order valence-electron chi connectivity index (χ0n) is 17.7. The van der Waals surface area contributed by atoms with Gasteiger partial charge in [-0.15, -0.1) is 0 Å². The standard InChI is InChI=1S/C28H23F3/c1-3-5-6-20-7-9-21(10-8-20)11-12-22-13-15-23(16-14-22)17-18-24-19-26(29)28(31)27(30)25(24)4-2/h7-10,13-16,19H,3-6H2,1-2H3.